The lowest BCUT2D eigenvalue weighted by Gasteiger charge is -2.35. The van der Waals surface area contributed by atoms with Gasteiger partial charge in [-0.05, 0) is 45.3 Å². The van der Waals surface area contributed by atoms with Crippen LogP contribution in [0, 0.1) is 0 Å². The highest BCUT2D eigenvalue weighted by Gasteiger charge is 2.40. The monoisotopic (exact) mass is 452 g/mol. The topological polar surface area (TPSA) is 36.9 Å². The molecule has 0 aromatic rings. The molecular formula is C19H48O4Si4. The summed E-state index contributed by atoms with van der Waals surface area (Å²) < 4.78 is 24.4. The Labute approximate surface area is 175 Å². The first-order chi connectivity index (χ1) is 12.5. The fourth-order valence-corrected chi connectivity index (χ4v) is 21.7. The van der Waals surface area contributed by atoms with Gasteiger partial charge in [0.05, 0.1) is 0 Å². The van der Waals surface area contributed by atoms with Crippen molar-refractivity contribution in [3.63, 3.8) is 0 Å². The highest BCUT2D eigenvalue weighted by atomic mass is 28.5. The van der Waals surface area contributed by atoms with E-state index in [4.69, 9.17) is 17.1 Å². The van der Waals surface area contributed by atoms with Crippen LogP contribution in [0.15, 0.2) is 0 Å². The Morgan fingerprint density at radius 3 is 1.59 bits per heavy atom. The van der Waals surface area contributed by atoms with Crippen molar-refractivity contribution in [3.05, 3.63) is 0 Å². The minimum atomic E-state index is -2.09. The summed E-state index contributed by atoms with van der Waals surface area (Å²) in [6.07, 6.45) is 11.0. The number of hydrogen-bond donors (Lipinski definition) is 0. The van der Waals surface area contributed by atoms with Crippen LogP contribution in [0.1, 0.15) is 58.3 Å². The summed E-state index contributed by atoms with van der Waals surface area (Å²) in [5, 5.41) is 0. The normalized spacial score (nSPS) is 14.6. The molecule has 0 aliphatic heterocycles. The van der Waals surface area contributed by atoms with E-state index in [2.05, 4.69) is 46.2 Å². The van der Waals surface area contributed by atoms with Crippen LogP contribution >= 0.6 is 0 Å². The highest BCUT2D eigenvalue weighted by Crippen LogP contribution is 2.25. The molecule has 27 heavy (non-hydrogen) atoms. The first kappa shape index (κ1) is 27.7. The second kappa shape index (κ2) is 13.8. The molecule has 0 saturated heterocycles. The van der Waals surface area contributed by atoms with Gasteiger partial charge in [0, 0.05) is 19.9 Å². The summed E-state index contributed by atoms with van der Waals surface area (Å²) in [6, 6.07) is 1.26. The van der Waals surface area contributed by atoms with Gasteiger partial charge in [-0.25, -0.2) is 0 Å². The summed E-state index contributed by atoms with van der Waals surface area (Å²) in [5.74, 6) is 0. The van der Waals surface area contributed by atoms with Gasteiger partial charge in [0.1, 0.15) is 0 Å². The predicted octanol–water partition coefficient (Wildman–Crippen LogP) is 6.32. The van der Waals surface area contributed by atoms with E-state index in [9.17, 15) is 0 Å². The molecule has 0 heterocycles. The van der Waals surface area contributed by atoms with Crippen LogP contribution in [0.25, 0.3) is 0 Å². The number of hydrogen-bond acceptors (Lipinski definition) is 4. The van der Waals surface area contributed by atoms with Crippen LogP contribution < -0.4 is 0 Å². The molecule has 4 nitrogen and oxygen atoms in total. The molecule has 0 aliphatic carbocycles. The van der Waals surface area contributed by atoms with E-state index in [1.165, 1.54) is 57.4 Å². The first-order valence-electron chi connectivity index (χ1n) is 10.9. The fourth-order valence-electron chi connectivity index (χ4n) is 3.71. The maximum Gasteiger partial charge on any atom is 0.333 e. The zero-order valence-corrected chi connectivity index (χ0v) is 23.9. The molecule has 1 unspecified atom stereocenters. The molecule has 0 fully saturated rings. The van der Waals surface area contributed by atoms with Crippen LogP contribution in [0.2, 0.25) is 51.0 Å². The third-order valence-corrected chi connectivity index (χ3v) is 22.2. The highest BCUT2D eigenvalue weighted by molar-refractivity contribution is 6.90. The van der Waals surface area contributed by atoms with E-state index in [-0.39, 0.29) is 0 Å². The van der Waals surface area contributed by atoms with Gasteiger partial charge in [-0.1, -0.05) is 58.3 Å². The minimum absolute atomic E-state index is 0.952. The number of unbranched alkanes of at least 4 members (excludes halogenated alkanes) is 7. The largest absolute Gasteiger partial charge is 0.439 e. The van der Waals surface area contributed by atoms with E-state index in [0.717, 1.165) is 5.67 Å². The lowest BCUT2D eigenvalue weighted by Crippen LogP contribution is -2.50. The van der Waals surface area contributed by atoms with Crippen LogP contribution in [0.4, 0.5) is 0 Å². The van der Waals surface area contributed by atoms with Gasteiger partial charge in [-0.2, -0.15) is 0 Å². The Morgan fingerprint density at radius 2 is 1.11 bits per heavy atom. The van der Waals surface area contributed by atoms with Crippen molar-refractivity contribution >= 4 is 34.5 Å². The zero-order valence-electron chi connectivity index (χ0n) is 19.8. The molecule has 0 bridgehead atoms. The molecule has 0 spiro atoms. The molecular weight excluding hydrogens is 405 g/mol. The summed E-state index contributed by atoms with van der Waals surface area (Å²) in [6.45, 7) is 15.9. The maximum absolute atomic E-state index is 6.54. The van der Waals surface area contributed by atoms with Gasteiger partial charge in [0.2, 0.25) is 0 Å². The minimum Gasteiger partial charge on any atom is -0.439 e. The Kier molecular flexibility index (Phi) is 14.2. The van der Waals surface area contributed by atoms with E-state index in [1.54, 1.807) is 14.2 Å². The lowest BCUT2D eigenvalue weighted by atomic mass is 10.1. The van der Waals surface area contributed by atoms with E-state index >= 15 is 0 Å². The Hall–Kier alpha value is 0.708. The smallest absolute Gasteiger partial charge is 0.333 e. The summed E-state index contributed by atoms with van der Waals surface area (Å²) >= 11 is 0. The van der Waals surface area contributed by atoms with Crippen molar-refractivity contribution in [1.29, 1.82) is 0 Å². The fraction of sp³-hybridized carbons (Fsp3) is 1.00. The molecule has 0 saturated carbocycles. The first-order valence-corrected chi connectivity index (χ1v) is 21.8. The summed E-state index contributed by atoms with van der Waals surface area (Å²) in [7, 11) is -3.62. The molecule has 0 N–H and O–H groups in total. The third-order valence-electron chi connectivity index (χ3n) is 5.21. The molecule has 164 valence electrons. The van der Waals surface area contributed by atoms with Gasteiger partial charge in [-0.15, -0.1) is 0 Å². The maximum atomic E-state index is 6.54. The third kappa shape index (κ3) is 14.3. The second-order valence-corrected chi connectivity index (χ2v) is 24.3. The summed E-state index contributed by atoms with van der Waals surface area (Å²) in [4.78, 5) is 0. The van der Waals surface area contributed by atoms with Crippen LogP contribution in [0.5, 0.6) is 0 Å². The molecule has 0 rings (SSSR count). The van der Waals surface area contributed by atoms with Gasteiger partial charge < -0.3 is 17.1 Å². The molecule has 0 aliphatic rings. The van der Waals surface area contributed by atoms with Gasteiger partial charge in [0.15, 0.2) is 16.6 Å². The van der Waals surface area contributed by atoms with Crippen LogP contribution in [0.3, 0.4) is 0 Å². The number of rotatable bonds is 17. The van der Waals surface area contributed by atoms with Crippen molar-refractivity contribution in [2.75, 3.05) is 14.2 Å². The second-order valence-electron chi connectivity index (χ2n) is 9.27. The molecule has 0 aromatic carbocycles. The molecule has 0 aromatic heterocycles. The van der Waals surface area contributed by atoms with E-state index in [0.29, 0.717) is 0 Å². The molecule has 0 amide bonds. The standard InChI is InChI=1S/C19H48O4Si4/c1-10-11-12-13-14-15-16-17-18-25(5,6)22-24(4)23-26(7,8)19-27(9,20-2)21-3/h24H,10-19H2,1-9H3. The summed E-state index contributed by atoms with van der Waals surface area (Å²) in [5.41, 5.74) is 0.952. The zero-order chi connectivity index (χ0) is 21.0. The molecule has 0 radical (unpaired) electrons. The van der Waals surface area contributed by atoms with E-state index in [1.807, 2.05) is 0 Å². The van der Waals surface area contributed by atoms with E-state index < -0.39 is 34.5 Å². The Balaban J connectivity index is 4.17. The quantitative estimate of drug-likeness (QED) is 0.191. The average molecular weight is 453 g/mol. The van der Waals surface area contributed by atoms with Crippen molar-refractivity contribution in [2.24, 2.45) is 0 Å². The van der Waals surface area contributed by atoms with Crippen molar-refractivity contribution in [1.82, 2.24) is 0 Å². The van der Waals surface area contributed by atoms with Crippen molar-refractivity contribution in [2.45, 2.75) is 109 Å². The van der Waals surface area contributed by atoms with Crippen LogP contribution in [-0.2, 0) is 17.1 Å². The predicted molar refractivity (Wildman–Crippen MR) is 128 cm³/mol. The van der Waals surface area contributed by atoms with Gasteiger partial charge in [0.25, 0.3) is 9.28 Å². The molecule has 8 heteroatoms. The Bertz CT molecular complexity index is 377. The van der Waals surface area contributed by atoms with Crippen molar-refractivity contribution in [3.8, 4) is 0 Å². The van der Waals surface area contributed by atoms with Gasteiger partial charge in [-0.3, -0.25) is 0 Å². The lowest BCUT2D eigenvalue weighted by molar-refractivity contribution is 0.253. The average Bonchev–Trinajstić information content (AvgIpc) is 2.55. The Morgan fingerprint density at radius 1 is 0.667 bits per heavy atom. The van der Waals surface area contributed by atoms with Gasteiger partial charge >= 0.3 is 8.56 Å². The SMILES string of the molecule is CCCCCCCCCC[Si](C)(C)O[SiH](C)O[Si](C)(C)C[Si](C)(OC)OC. The van der Waals surface area contributed by atoms with Crippen molar-refractivity contribution < 1.29 is 17.1 Å². The molecule has 1 atom stereocenters. The van der Waals surface area contributed by atoms with Crippen LogP contribution in [-0.4, -0.2) is 48.7 Å².